The Kier molecular flexibility index (Phi) is 5.39. The van der Waals surface area contributed by atoms with E-state index in [0.717, 1.165) is 22.4 Å². The van der Waals surface area contributed by atoms with Gasteiger partial charge in [-0.1, -0.05) is 71.8 Å². The van der Waals surface area contributed by atoms with E-state index in [1.807, 2.05) is 67.6 Å². The van der Waals surface area contributed by atoms with Crippen LogP contribution >= 0.6 is 11.6 Å². The number of sulfonamides is 1. The molecule has 0 saturated heterocycles. The largest absolute Gasteiger partial charge is 0.324 e. The van der Waals surface area contributed by atoms with E-state index in [-0.39, 0.29) is 16.9 Å². The van der Waals surface area contributed by atoms with Gasteiger partial charge in [0.15, 0.2) is 0 Å². The summed E-state index contributed by atoms with van der Waals surface area (Å²) in [6, 6.07) is 23.6. The molecule has 1 aromatic heterocycles. The molecule has 0 radical (unpaired) electrons. The number of aromatic nitrogens is 3. The summed E-state index contributed by atoms with van der Waals surface area (Å²) < 4.78 is 29.9. The Bertz CT molecular complexity index is 1430. The summed E-state index contributed by atoms with van der Waals surface area (Å²) in [5.74, 6) is 0.419. The van der Waals surface area contributed by atoms with Crippen LogP contribution in [0, 0.1) is 6.92 Å². The van der Waals surface area contributed by atoms with Gasteiger partial charge in [-0.15, -0.1) is 5.10 Å². The molecule has 166 valence electrons. The molecule has 0 spiro atoms. The number of benzene rings is 3. The lowest BCUT2D eigenvalue weighted by Gasteiger charge is -2.24. The number of hydrogen-bond acceptors (Lipinski definition) is 5. The quantitative estimate of drug-likeness (QED) is 0.417. The van der Waals surface area contributed by atoms with Crippen LogP contribution in [0.4, 0.5) is 11.9 Å². The van der Waals surface area contributed by atoms with Crippen LogP contribution in [0.1, 0.15) is 22.7 Å². The van der Waals surface area contributed by atoms with Crippen LogP contribution in [0.2, 0.25) is 5.02 Å². The topological polar surface area (TPSA) is 88.9 Å². The van der Waals surface area contributed by atoms with Crippen molar-refractivity contribution in [3.63, 3.8) is 0 Å². The van der Waals surface area contributed by atoms with Gasteiger partial charge in [-0.3, -0.25) is 0 Å². The van der Waals surface area contributed by atoms with E-state index in [1.165, 1.54) is 0 Å². The van der Waals surface area contributed by atoms with Gasteiger partial charge in [-0.05, 0) is 48.4 Å². The van der Waals surface area contributed by atoms with Gasteiger partial charge in [0.1, 0.15) is 6.04 Å². The lowest BCUT2D eigenvalue weighted by Crippen LogP contribution is -2.20. The number of aryl methyl sites for hydroxylation is 1. The highest BCUT2D eigenvalue weighted by atomic mass is 35.5. The van der Waals surface area contributed by atoms with E-state index in [0.29, 0.717) is 11.0 Å². The highest BCUT2D eigenvalue weighted by Gasteiger charge is 2.27. The smallest absolute Gasteiger partial charge is 0.264 e. The Balaban J connectivity index is 1.52. The van der Waals surface area contributed by atoms with E-state index in [4.69, 9.17) is 11.6 Å². The van der Waals surface area contributed by atoms with Gasteiger partial charge in [-0.2, -0.15) is 4.98 Å². The summed E-state index contributed by atoms with van der Waals surface area (Å²) in [4.78, 5) is 4.58. The number of rotatable bonds is 5. The van der Waals surface area contributed by atoms with Gasteiger partial charge >= 0.3 is 0 Å². The van der Waals surface area contributed by atoms with Crippen LogP contribution in [0.15, 0.2) is 89.8 Å². The molecule has 0 aliphatic carbocycles. The summed E-state index contributed by atoms with van der Waals surface area (Å²) in [7, 11) is -3.83. The first kappa shape index (κ1) is 21.2. The van der Waals surface area contributed by atoms with Crippen molar-refractivity contribution in [3.05, 3.63) is 107 Å². The van der Waals surface area contributed by atoms with Crippen molar-refractivity contribution >= 4 is 39.2 Å². The zero-order chi connectivity index (χ0) is 23.0. The molecule has 0 saturated carbocycles. The van der Waals surface area contributed by atoms with E-state index in [2.05, 4.69) is 20.1 Å². The number of allylic oxidation sites excluding steroid dienone is 1. The summed E-state index contributed by atoms with van der Waals surface area (Å²) >= 11 is 6.05. The number of nitrogens with zero attached hydrogens (tertiary/aromatic N) is 3. The molecule has 4 aromatic rings. The maximum absolute atomic E-state index is 12.8. The Hall–Kier alpha value is -3.62. The van der Waals surface area contributed by atoms with Crippen LogP contribution in [-0.4, -0.2) is 23.2 Å². The van der Waals surface area contributed by atoms with Crippen LogP contribution in [0.5, 0.6) is 0 Å². The third-order valence-electron chi connectivity index (χ3n) is 5.32. The van der Waals surface area contributed by atoms with E-state index in [9.17, 15) is 8.42 Å². The number of hydrogen-bond donors (Lipinski definition) is 2. The summed E-state index contributed by atoms with van der Waals surface area (Å²) in [5.41, 5.74) is 3.72. The second-order valence-electron chi connectivity index (χ2n) is 7.69. The van der Waals surface area contributed by atoms with Crippen molar-refractivity contribution in [2.75, 3.05) is 10.0 Å². The minimum absolute atomic E-state index is 0.00948. The Morgan fingerprint density at radius 2 is 1.67 bits per heavy atom. The number of anilines is 2. The molecule has 0 fully saturated rings. The minimum atomic E-state index is -3.83. The normalized spacial score (nSPS) is 15.3. The summed E-state index contributed by atoms with van der Waals surface area (Å²) in [5, 5.41) is 8.37. The fraction of sp³-hybridized carbons (Fsp3) is 0.0833. The predicted octanol–water partition coefficient (Wildman–Crippen LogP) is 5.10. The number of fused-ring (bicyclic) bond motifs is 1. The molecule has 2 N–H and O–H groups in total. The molecule has 0 bridgehead atoms. The zero-order valence-corrected chi connectivity index (χ0v) is 19.2. The maximum Gasteiger partial charge on any atom is 0.264 e. The van der Waals surface area contributed by atoms with Crippen LogP contribution < -0.4 is 10.0 Å². The molecule has 9 heteroatoms. The molecule has 3 aromatic carbocycles. The highest BCUT2D eigenvalue weighted by Crippen LogP contribution is 2.33. The molecule has 0 unspecified atom stereocenters. The van der Waals surface area contributed by atoms with Crippen LogP contribution in [-0.2, 0) is 10.0 Å². The molecular weight excluding hydrogens is 458 g/mol. The highest BCUT2D eigenvalue weighted by molar-refractivity contribution is 7.92. The Labute approximate surface area is 196 Å². The summed E-state index contributed by atoms with van der Waals surface area (Å²) in [6.45, 7) is 1.90. The third kappa shape index (κ3) is 4.35. The van der Waals surface area contributed by atoms with Crippen molar-refractivity contribution in [3.8, 4) is 0 Å². The Morgan fingerprint density at radius 1 is 0.970 bits per heavy atom. The van der Waals surface area contributed by atoms with Gasteiger partial charge in [0.25, 0.3) is 16.0 Å². The predicted molar refractivity (Wildman–Crippen MR) is 130 cm³/mol. The molecule has 1 aliphatic rings. The van der Waals surface area contributed by atoms with Crippen LogP contribution in [0.3, 0.4) is 0 Å². The van der Waals surface area contributed by atoms with Crippen molar-refractivity contribution in [2.45, 2.75) is 17.9 Å². The molecule has 2 heterocycles. The van der Waals surface area contributed by atoms with Crippen molar-refractivity contribution < 1.29 is 8.42 Å². The first-order valence-electron chi connectivity index (χ1n) is 10.2. The van der Waals surface area contributed by atoms with Gasteiger partial charge in [0, 0.05) is 10.7 Å². The van der Waals surface area contributed by atoms with Gasteiger partial charge in [-0.25, -0.2) is 17.8 Å². The van der Waals surface area contributed by atoms with Crippen molar-refractivity contribution in [1.82, 2.24) is 14.8 Å². The maximum atomic E-state index is 12.8. The molecule has 1 atom stereocenters. The molecule has 7 nitrogen and oxygen atoms in total. The first-order chi connectivity index (χ1) is 15.9. The van der Waals surface area contributed by atoms with E-state index < -0.39 is 10.0 Å². The molecular formula is C24H20ClN5O2S. The fourth-order valence-corrected chi connectivity index (χ4v) is 4.68. The van der Waals surface area contributed by atoms with Crippen LogP contribution in [0.25, 0.3) is 5.70 Å². The lowest BCUT2D eigenvalue weighted by atomic mass is 10.0. The molecule has 0 amide bonds. The fourth-order valence-electron chi connectivity index (χ4n) is 3.62. The van der Waals surface area contributed by atoms with Crippen molar-refractivity contribution in [2.24, 2.45) is 0 Å². The third-order valence-corrected chi connectivity index (χ3v) is 6.92. The second kappa shape index (κ2) is 8.38. The standard InChI is InChI=1S/C24H20ClN5O2S/c1-16-7-13-20(14-8-16)33(31,32)29-23-27-24-26-21(17-9-11-19(25)12-10-17)15-22(30(24)28-23)18-5-3-2-4-6-18/h2-15,22H,1H3,(H2,26,27,28,29)/t22-/m0/s1. The average Bonchev–Trinajstić information content (AvgIpc) is 3.21. The van der Waals surface area contributed by atoms with Gasteiger partial charge < -0.3 is 5.32 Å². The lowest BCUT2D eigenvalue weighted by molar-refractivity contribution is 0.598. The Morgan fingerprint density at radius 3 is 2.36 bits per heavy atom. The molecule has 33 heavy (non-hydrogen) atoms. The van der Waals surface area contributed by atoms with E-state index >= 15 is 0 Å². The minimum Gasteiger partial charge on any atom is -0.324 e. The SMILES string of the molecule is Cc1ccc(S(=O)(=O)Nc2nc3n(n2)[C@H](c2ccccc2)C=C(c2ccc(Cl)cc2)N3)cc1. The van der Waals surface area contributed by atoms with Crippen molar-refractivity contribution in [1.29, 1.82) is 0 Å². The zero-order valence-electron chi connectivity index (χ0n) is 17.6. The van der Waals surface area contributed by atoms with Gasteiger partial charge in [0.05, 0.1) is 4.90 Å². The van der Waals surface area contributed by atoms with Gasteiger partial charge in [0.2, 0.25) is 5.95 Å². The number of nitrogens with one attached hydrogen (secondary N) is 2. The summed E-state index contributed by atoms with van der Waals surface area (Å²) in [6.07, 6.45) is 2.03. The first-order valence-corrected chi connectivity index (χ1v) is 12.1. The molecule has 1 aliphatic heterocycles. The monoisotopic (exact) mass is 477 g/mol. The van der Waals surface area contributed by atoms with E-state index in [1.54, 1.807) is 28.9 Å². The number of halogens is 1. The molecule has 5 rings (SSSR count). The average molecular weight is 478 g/mol. The second-order valence-corrected chi connectivity index (χ2v) is 9.81.